The summed E-state index contributed by atoms with van der Waals surface area (Å²) in [5, 5.41) is 3.08. The molecule has 0 spiro atoms. The predicted octanol–water partition coefficient (Wildman–Crippen LogP) is 0.0301. The highest BCUT2D eigenvalue weighted by atomic mass is 16.2. The number of amides is 1. The highest BCUT2D eigenvalue weighted by Gasteiger charge is 2.52. The van der Waals surface area contributed by atoms with Gasteiger partial charge in [-0.05, 0) is 26.3 Å². The molecule has 1 aliphatic carbocycles. The zero-order chi connectivity index (χ0) is 8.01. The standard InChI is InChI=1S/C8H14N2O/c1-5(9-2)10-4-6-3-7(6)8(10)11/h5-7,9H,3-4H2,1-2H3. The lowest BCUT2D eigenvalue weighted by Crippen LogP contribution is -2.44. The van der Waals surface area contributed by atoms with Crippen molar-refractivity contribution in [1.82, 2.24) is 10.2 Å². The molecular formula is C8H14N2O. The van der Waals surface area contributed by atoms with Crippen molar-refractivity contribution in [3.63, 3.8) is 0 Å². The van der Waals surface area contributed by atoms with E-state index in [1.54, 1.807) is 0 Å². The lowest BCUT2D eigenvalue weighted by Gasteiger charge is -2.25. The fourth-order valence-electron chi connectivity index (χ4n) is 1.81. The molecule has 0 aromatic rings. The lowest BCUT2D eigenvalue weighted by atomic mass is 10.4. The van der Waals surface area contributed by atoms with E-state index < -0.39 is 0 Å². The second-order valence-electron chi connectivity index (χ2n) is 3.56. The Balaban J connectivity index is 2.01. The number of carbonyl (C=O) groups is 1. The summed E-state index contributed by atoms with van der Waals surface area (Å²) in [4.78, 5) is 13.4. The molecule has 11 heavy (non-hydrogen) atoms. The highest BCUT2D eigenvalue weighted by molar-refractivity contribution is 5.84. The summed E-state index contributed by atoms with van der Waals surface area (Å²) in [5.41, 5.74) is 0. The van der Waals surface area contributed by atoms with Crippen LogP contribution >= 0.6 is 0 Å². The Morgan fingerprint density at radius 1 is 1.73 bits per heavy atom. The number of fused-ring (bicyclic) bond motifs is 1. The van der Waals surface area contributed by atoms with Gasteiger partial charge in [-0.1, -0.05) is 0 Å². The number of hydrogen-bond donors (Lipinski definition) is 1. The van der Waals surface area contributed by atoms with Crippen LogP contribution in [-0.4, -0.2) is 30.6 Å². The molecule has 62 valence electrons. The third kappa shape index (κ3) is 0.948. The van der Waals surface area contributed by atoms with E-state index in [0.29, 0.717) is 17.7 Å². The van der Waals surface area contributed by atoms with Gasteiger partial charge in [-0.3, -0.25) is 4.79 Å². The van der Waals surface area contributed by atoms with Crippen molar-refractivity contribution in [2.45, 2.75) is 19.5 Å². The Labute approximate surface area is 66.8 Å². The van der Waals surface area contributed by atoms with Crippen LogP contribution in [0.15, 0.2) is 0 Å². The minimum Gasteiger partial charge on any atom is -0.327 e. The number of piperidine rings is 1. The molecule has 1 heterocycles. The van der Waals surface area contributed by atoms with E-state index in [1.807, 2.05) is 18.9 Å². The quantitative estimate of drug-likeness (QED) is 0.608. The molecule has 0 radical (unpaired) electrons. The third-order valence-corrected chi connectivity index (χ3v) is 2.84. The van der Waals surface area contributed by atoms with Crippen LogP contribution in [0.5, 0.6) is 0 Å². The van der Waals surface area contributed by atoms with E-state index in [4.69, 9.17) is 0 Å². The van der Waals surface area contributed by atoms with E-state index in [9.17, 15) is 4.79 Å². The van der Waals surface area contributed by atoms with Crippen LogP contribution in [0, 0.1) is 11.8 Å². The molecule has 3 heteroatoms. The highest BCUT2D eigenvalue weighted by Crippen LogP contribution is 2.46. The van der Waals surface area contributed by atoms with Gasteiger partial charge in [0.05, 0.1) is 6.17 Å². The summed E-state index contributed by atoms with van der Waals surface area (Å²) in [5.74, 6) is 1.45. The topological polar surface area (TPSA) is 32.3 Å². The van der Waals surface area contributed by atoms with Crippen LogP contribution in [0.2, 0.25) is 0 Å². The molecule has 0 bridgehead atoms. The number of carbonyl (C=O) groups excluding carboxylic acids is 1. The maximum absolute atomic E-state index is 11.4. The smallest absolute Gasteiger partial charge is 0.227 e. The van der Waals surface area contributed by atoms with E-state index in [1.165, 1.54) is 0 Å². The normalized spacial score (nSPS) is 37.3. The second kappa shape index (κ2) is 2.21. The molecule has 2 aliphatic rings. The van der Waals surface area contributed by atoms with Crippen molar-refractivity contribution >= 4 is 5.91 Å². The Bertz CT molecular complexity index is 193. The van der Waals surface area contributed by atoms with Crippen LogP contribution in [0.3, 0.4) is 0 Å². The SMILES string of the molecule is CNC(C)N1CC2CC2C1=O. The lowest BCUT2D eigenvalue weighted by molar-refractivity contribution is -0.132. The van der Waals surface area contributed by atoms with Gasteiger partial charge in [-0.15, -0.1) is 0 Å². The first kappa shape index (κ1) is 7.10. The van der Waals surface area contributed by atoms with Gasteiger partial charge in [0.15, 0.2) is 0 Å². The fourth-order valence-corrected chi connectivity index (χ4v) is 1.81. The largest absolute Gasteiger partial charge is 0.327 e. The summed E-state index contributed by atoms with van der Waals surface area (Å²) in [6, 6.07) is 0. The maximum Gasteiger partial charge on any atom is 0.227 e. The second-order valence-corrected chi connectivity index (χ2v) is 3.56. The molecule has 2 rings (SSSR count). The van der Waals surface area contributed by atoms with Gasteiger partial charge >= 0.3 is 0 Å². The third-order valence-electron chi connectivity index (χ3n) is 2.84. The fraction of sp³-hybridized carbons (Fsp3) is 0.875. The molecule has 2 fully saturated rings. The first-order valence-corrected chi connectivity index (χ1v) is 4.21. The van der Waals surface area contributed by atoms with Crippen LogP contribution in [0.4, 0.5) is 0 Å². The van der Waals surface area contributed by atoms with Gasteiger partial charge in [-0.2, -0.15) is 0 Å². The number of nitrogens with one attached hydrogen (secondary N) is 1. The van der Waals surface area contributed by atoms with Gasteiger partial charge in [0.25, 0.3) is 0 Å². The average molecular weight is 154 g/mol. The molecule has 0 aromatic heterocycles. The van der Waals surface area contributed by atoms with Gasteiger partial charge in [0.2, 0.25) is 5.91 Å². The molecule has 1 N–H and O–H groups in total. The first-order valence-electron chi connectivity index (χ1n) is 4.21. The molecule has 3 unspecified atom stereocenters. The number of likely N-dealkylation sites (tertiary alicyclic amines) is 1. The van der Waals surface area contributed by atoms with Crippen LogP contribution < -0.4 is 5.32 Å². The minimum atomic E-state index is 0.218. The van der Waals surface area contributed by atoms with E-state index in [0.717, 1.165) is 13.0 Å². The van der Waals surface area contributed by atoms with Gasteiger partial charge in [-0.25, -0.2) is 0 Å². The Morgan fingerprint density at radius 2 is 2.45 bits per heavy atom. The zero-order valence-electron chi connectivity index (χ0n) is 7.00. The summed E-state index contributed by atoms with van der Waals surface area (Å²) >= 11 is 0. The van der Waals surface area contributed by atoms with Crippen LogP contribution in [-0.2, 0) is 4.79 Å². The van der Waals surface area contributed by atoms with Crippen molar-refractivity contribution in [3.05, 3.63) is 0 Å². The van der Waals surface area contributed by atoms with Gasteiger partial charge in [0.1, 0.15) is 0 Å². The van der Waals surface area contributed by atoms with Gasteiger partial charge < -0.3 is 10.2 Å². The number of hydrogen-bond acceptors (Lipinski definition) is 2. The average Bonchev–Trinajstić information content (AvgIpc) is 2.71. The Hall–Kier alpha value is -0.570. The Morgan fingerprint density at radius 3 is 2.91 bits per heavy atom. The molecule has 1 saturated heterocycles. The predicted molar refractivity (Wildman–Crippen MR) is 41.8 cm³/mol. The molecule has 1 saturated carbocycles. The molecule has 1 aliphatic heterocycles. The molecule has 1 amide bonds. The molecule has 0 aromatic carbocycles. The summed E-state index contributed by atoms with van der Waals surface area (Å²) in [7, 11) is 1.89. The van der Waals surface area contributed by atoms with Crippen molar-refractivity contribution in [3.8, 4) is 0 Å². The van der Waals surface area contributed by atoms with Gasteiger partial charge in [0, 0.05) is 12.5 Å². The Kier molecular flexibility index (Phi) is 1.42. The van der Waals surface area contributed by atoms with Crippen molar-refractivity contribution in [2.24, 2.45) is 11.8 Å². The monoisotopic (exact) mass is 154 g/mol. The maximum atomic E-state index is 11.4. The summed E-state index contributed by atoms with van der Waals surface area (Å²) in [6.45, 7) is 3.01. The van der Waals surface area contributed by atoms with E-state index >= 15 is 0 Å². The molecular weight excluding hydrogens is 140 g/mol. The van der Waals surface area contributed by atoms with E-state index in [2.05, 4.69) is 5.32 Å². The number of rotatable bonds is 2. The van der Waals surface area contributed by atoms with Crippen molar-refractivity contribution in [2.75, 3.05) is 13.6 Å². The first-order chi connectivity index (χ1) is 5.24. The number of nitrogens with zero attached hydrogens (tertiary/aromatic N) is 1. The molecule has 3 atom stereocenters. The summed E-state index contributed by atoms with van der Waals surface area (Å²) in [6.07, 6.45) is 1.36. The van der Waals surface area contributed by atoms with E-state index in [-0.39, 0.29) is 6.17 Å². The van der Waals surface area contributed by atoms with Crippen molar-refractivity contribution < 1.29 is 4.79 Å². The molecule has 3 nitrogen and oxygen atoms in total. The van der Waals surface area contributed by atoms with Crippen LogP contribution in [0.1, 0.15) is 13.3 Å². The summed E-state index contributed by atoms with van der Waals surface area (Å²) < 4.78 is 0. The minimum absolute atomic E-state index is 0.218. The zero-order valence-corrected chi connectivity index (χ0v) is 7.00. The van der Waals surface area contributed by atoms with Crippen molar-refractivity contribution in [1.29, 1.82) is 0 Å². The van der Waals surface area contributed by atoms with Crippen LogP contribution in [0.25, 0.3) is 0 Å².